The van der Waals surface area contributed by atoms with E-state index < -0.39 is 5.97 Å². The Morgan fingerprint density at radius 1 is 1.27 bits per heavy atom. The van der Waals surface area contributed by atoms with Crippen LogP contribution >= 0.6 is 23.1 Å². The lowest BCUT2D eigenvalue weighted by Gasteiger charge is -2.04. The van der Waals surface area contributed by atoms with Crippen molar-refractivity contribution in [2.24, 2.45) is 0 Å². The van der Waals surface area contributed by atoms with Crippen molar-refractivity contribution in [3.63, 3.8) is 0 Å². The summed E-state index contributed by atoms with van der Waals surface area (Å²) < 4.78 is 1.03. The zero-order valence-corrected chi connectivity index (χ0v) is 13.6. The molecule has 2 aromatic heterocycles. The lowest BCUT2D eigenvalue weighted by atomic mass is 10.1. The Morgan fingerprint density at radius 2 is 2.05 bits per heavy atom. The van der Waals surface area contributed by atoms with Crippen LogP contribution in [0.5, 0.6) is 0 Å². The molecule has 0 saturated carbocycles. The predicted octanol–water partition coefficient (Wildman–Crippen LogP) is 4.23. The van der Waals surface area contributed by atoms with Gasteiger partial charge in [-0.1, -0.05) is 30.3 Å². The standard InChI is InChI=1S/C16H14N2O2S2/c1-10-17-14-12(11-5-3-2-4-6-11)9-22-15(14)16(18-10)21-8-7-13(19)20/h2-6,9H,7-8H2,1H3,(H,19,20). The zero-order valence-electron chi connectivity index (χ0n) is 11.9. The van der Waals surface area contributed by atoms with E-state index in [-0.39, 0.29) is 6.42 Å². The van der Waals surface area contributed by atoms with Gasteiger partial charge in [0.1, 0.15) is 10.9 Å². The van der Waals surface area contributed by atoms with E-state index in [0.717, 1.165) is 26.4 Å². The third-order valence-electron chi connectivity index (χ3n) is 3.14. The maximum absolute atomic E-state index is 10.7. The first-order valence-electron chi connectivity index (χ1n) is 6.81. The largest absolute Gasteiger partial charge is 0.481 e. The number of thioether (sulfide) groups is 1. The number of fused-ring (bicyclic) bond motifs is 1. The Bertz CT molecular complexity index is 816. The molecular weight excluding hydrogens is 316 g/mol. The van der Waals surface area contributed by atoms with Crippen LogP contribution in [0.3, 0.4) is 0 Å². The van der Waals surface area contributed by atoms with Crippen molar-refractivity contribution in [3.05, 3.63) is 41.5 Å². The topological polar surface area (TPSA) is 63.1 Å². The number of aliphatic carboxylic acids is 1. The van der Waals surface area contributed by atoms with E-state index >= 15 is 0 Å². The smallest absolute Gasteiger partial charge is 0.304 e. The molecule has 0 unspecified atom stereocenters. The van der Waals surface area contributed by atoms with Crippen LogP contribution in [0.25, 0.3) is 21.3 Å². The van der Waals surface area contributed by atoms with Crippen LogP contribution in [0.15, 0.2) is 40.7 Å². The fourth-order valence-electron chi connectivity index (χ4n) is 2.15. The third kappa shape index (κ3) is 3.13. The number of nitrogens with zero attached hydrogens (tertiary/aromatic N) is 2. The first-order chi connectivity index (χ1) is 10.6. The minimum atomic E-state index is -0.786. The minimum absolute atomic E-state index is 0.131. The third-order valence-corrected chi connectivity index (χ3v) is 5.22. The minimum Gasteiger partial charge on any atom is -0.481 e. The Kier molecular flexibility index (Phi) is 4.40. The molecule has 112 valence electrons. The van der Waals surface area contributed by atoms with E-state index in [4.69, 9.17) is 5.11 Å². The van der Waals surface area contributed by atoms with Crippen LogP contribution in [-0.4, -0.2) is 26.8 Å². The van der Waals surface area contributed by atoms with Gasteiger partial charge >= 0.3 is 5.97 Å². The van der Waals surface area contributed by atoms with Gasteiger partial charge < -0.3 is 5.11 Å². The summed E-state index contributed by atoms with van der Waals surface area (Å²) in [7, 11) is 0. The molecule has 2 heterocycles. The second-order valence-corrected chi connectivity index (χ2v) is 6.72. The summed E-state index contributed by atoms with van der Waals surface area (Å²) in [4.78, 5) is 19.7. The van der Waals surface area contributed by atoms with E-state index in [1.165, 1.54) is 11.8 Å². The van der Waals surface area contributed by atoms with Gasteiger partial charge in [0.15, 0.2) is 0 Å². The highest BCUT2D eigenvalue weighted by Crippen LogP contribution is 2.37. The quantitative estimate of drug-likeness (QED) is 0.560. The van der Waals surface area contributed by atoms with Gasteiger partial charge in [0.2, 0.25) is 0 Å². The van der Waals surface area contributed by atoms with Gasteiger partial charge in [0.05, 0.1) is 16.6 Å². The van der Waals surface area contributed by atoms with Crippen LogP contribution in [-0.2, 0) is 4.79 Å². The number of thiophene rings is 1. The van der Waals surface area contributed by atoms with E-state index in [1.807, 2.05) is 25.1 Å². The molecule has 3 aromatic rings. The summed E-state index contributed by atoms with van der Waals surface area (Å²) in [5.74, 6) is 0.436. The van der Waals surface area contributed by atoms with Crippen molar-refractivity contribution >= 4 is 39.3 Å². The van der Waals surface area contributed by atoms with Crippen molar-refractivity contribution in [1.82, 2.24) is 9.97 Å². The number of hydrogen-bond acceptors (Lipinski definition) is 5. The Balaban J connectivity index is 2.01. The second-order valence-electron chi connectivity index (χ2n) is 4.76. The molecule has 0 bridgehead atoms. The van der Waals surface area contributed by atoms with Crippen molar-refractivity contribution in [2.75, 3.05) is 5.75 Å². The number of hydrogen-bond donors (Lipinski definition) is 1. The van der Waals surface area contributed by atoms with Crippen molar-refractivity contribution in [3.8, 4) is 11.1 Å². The summed E-state index contributed by atoms with van der Waals surface area (Å²) in [6.45, 7) is 1.87. The number of aryl methyl sites for hydroxylation is 1. The van der Waals surface area contributed by atoms with Gasteiger partial charge in [-0.05, 0) is 12.5 Å². The number of carboxylic acids is 1. The highest BCUT2D eigenvalue weighted by Gasteiger charge is 2.14. The SMILES string of the molecule is Cc1nc(SCCC(=O)O)c2scc(-c3ccccc3)c2n1. The van der Waals surface area contributed by atoms with Gasteiger partial charge in [-0.15, -0.1) is 23.1 Å². The summed E-state index contributed by atoms with van der Waals surface area (Å²) >= 11 is 3.09. The monoisotopic (exact) mass is 330 g/mol. The molecule has 0 spiro atoms. The van der Waals surface area contributed by atoms with E-state index in [2.05, 4.69) is 27.5 Å². The Hall–Kier alpha value is -1.92. The average molecular weight is 330 g/mol. The maximum atomic E-state index is 10.7. The molecule has 6 heteroatoms. The molecule has 4 nitrogen and oxygen atoms in total. The summed E-state index contributed by atoms with van der Waals surface area (Å²) in [6, 6.07) is 10.1. The van der Waals surface area contributed by atoms with Crippen LogP contribution in [0.1, 0.15) is 12.2 Å². The van der Waals surface area contributed by atoms with E-state index in [1.54, 1.807) is 11.3 Å². The fraction of sp³-hybridized carbons (Fsp3) is 0.188. The van der Waals surface area contributed by atoms with Crippen molar-refractivity contribution < 1.29 is 9.90 Å². The summed E-state index contributed by atoms with van der Waals surface area (Å²) in [5, 5.41) is 11.7. The summed E-state index contributed by atoms with van der Waals surface area (Å²) in [5.41, 5.74) is 3.18. The first kappa shape index (κ1) is 15.0. The first-order valence-corrected chi connectivity index (χ1v) is 8.67. The van der Waals surface area contributed by atoms with Gasteiger partial charge in [-0.2, -0.15) is 0 Å². The molecule has 0 saturated heterocycles. The molecular formula is C16H14N2O2S2. The van der Waals surface area contributed by atoms with Crippen LogP contribution < -0.4 is 0 Å². The zero-order chi connectivity index (χ0) is 15.5. The molecule has 0 amide bonds. The van der Waals surface area contributed by atoms with Crippen molar-refractivity contribution in [2.45, 2.75) is 18.4 Å². The fourth-order valence-corrected chi connectivity index (χ4v) is 4.27. The highest BCUT2D eigenvalue weighted by atomic mass is 32.2. The molecule has 0 aliphatic carbocycles. The van der Waals surface area contributed by atoms with Gasteiger partial charge in [0, 0.05) is 16.7 Å². The lowest BCUT2D eigenvalue weighted by molar-refractivity contribution is -0.136. The molecule has 0 fully saturated rings. The maximum Gasteiger partial charge on any atom is 0.304 e. The van der Waals surface area contributed by atoms with Crippen LogP contribution in [0.4, 0.5) is 0 Å². The molecule has 0 aliphatic rings. The van der Waals surface area contributed by atoms with Gasteiger partial charge in [0.25, 0.3) is 0 Å². The van der Waals surface area contributed by atoms with Gasteiger partial charge in [-0.3, -0.25) is 4.79 Å². The van der Waals surface area contributed by atoms with Crippen LogP contribution in [0, 0.1) is 6.92 Å². The number of carbonyl (C=O) groups is 1. The molecule has 1 N–H and O–H groups in total. The normalized spacial score (nSPS) is 11.0. The Morgan fingerprint density at radius 3 is 2.77 bits per heavy atom. The van der Waals surface area contributed by atoms with E-state index in [9.17, 15) is 4.79 Å². The number of aromatic nitrogens is 2. The van der Waals surface area contributed by atoms with Crippen molar-refractivity contribution in [1.29, 1.82) is 0 Å². The molecule has 3 rings (SSSR count). The average Bonchev–Trinajstić information content (AvgIpc) is 2.91. The molecule has 0 radical (unpaired) electrons. The molecule has 22 heavy (non-hydrogen) atoms. The van der Waals surface area contributed by atoms with E-state index in [0.29, 0.717) is 11.6 Å². The number of rotatable bonds is 5. The molecule has 0 aliphatic heterocycles. The predicted molar refractivity (Wildman–Crippen MR) is 90.6 cm³/mol. The highest BCUT2D eigenvalue weighted by molar-refractivity contribution is 7.99. The molecule has 1 aromatic carbocycles. The van der Waals surface area contributed by atoms with Gasteiger partial charge in [-0.25, -0.2) is 9.97 Å². The summed E-state index contributed by atoms with van der Waals surface area (Å²) in [6.07, 6.45) is 0.131. The molecule has 0 atom stereocenters. The Labute approximate surface area is 136 Å². The van der Waals surface area contributed by atoms with Crippen LogP contribution in [0.2, 0.25) is 0 Å². The number of carboxylic acid groups (broad SMARTS) is 1. The lowest BCUT2D eigenvalue weighted by Crippen LogP contribution is -1.97. The second kappa shape index (κ2) is 6.46. The number of benzene rings is 1.